The van der Waals surface area contributed by atoms with Crippen molar-refractivity contribution in [2.75, 3.05) is 20.1 Å². The van der Waals surface area contributed by atoms with Crippen LogP contribution in [0.2, 0.25) is 0 Å². The van der Waals surface area contributed by atoms with Crippen LogP contribution in [0.4, 0.5) is 0 Å². The maximum absolute atomic E-state index is 5.36. The van der Waals surface area contributed by atoms with E-state index in [0.29, 0.717) is 13.1 Å². The summed E-state index contributed by atoms with van der Waals surface area (Å²) in [5.74, 6) is 2.71. The summed E-state index contributed by atoms with van der Waals surface area (Å²) >= 11 is 0. The number of furan rings is 1. The first-order valence-electron chi connectivity index (χ1n) is 8.87. The number of aromatic amines is 1. The summed E-state index contributed by atoms with van der Waals surface area (Å²) in [4.78, 5) is 14.6. The number of H-pyrrole nitrogens is 1. The van der Waals surface area contributed by atoms with Crippen LogP contribution in [0.3, 0.4) is 0 Å². The van der Waals surface area contributed by atoms with Gasteiger partial charge in [0.25, 0.3) is 0 Å². The van der Waals surface area contributed by atoms with Gasteiger partial charge in [-0.3, -0.25) is 4.99 Å². The Morgan fingerprint density at radius 3 is 2.81 bits per heavy atom. The van der Waals surface area contributed by atoms with Crippen LogP contribution in [-0.2, 0) is 13.0 Å². The highest BCUT2D eigenvalue weighted by molar-refractivity contribution is 5.79. The molecule has 0 aliphatic carbocycles. The van der Waals surface area contributed by atoms with Crippen molar-refractivity contribution in [3.8, 4) is 11.3 Å². The molecule has 26 heavy (non-hydrogen) atoms. The van der Waals surface area contributed by atoms with E-state index in [4.69, 9.17) is 4.42 Å². The molecule has 0 spiro atoms. The number of imidazole rings is 1. The summed E-state index contributed by atoms with van der Waals surface area (Å²) in [6, 6.07) is 14.1. The average Bonchev–Trinajstić information content (AvgIpc) is 3.34. The normalized spacial score (nSPS) is 11.5. The molecule has 0 atom stereocenters. The molecule has 0 unspecified atom stereocenters. The van der Waals surface area contributed by atoms with Gasteiger partial charge in [-0.05, 0) is 24.6 Å². The fraction of sp³-hybridized carbons (Fsp3) is 0.300. The molecule has 3 aromatic rings. The fourth-order valence-corrected chi connectivity index (χ4v) is 2.70. The SMILES string of the molecule is CCNC(=NCCc1ccco1)N(C)Cc1ncc(-c2ccccc2)[nH]1. The largest absolute Gasteiger partial charge is 0.469 e. The Morgan fingerprint density at radius 1 is 1.23 bits per heavy atom. The lowest BCUT2D eigenvalue weighted by molar-refractivity contribution is 0.462. The molecule has 6 heteroatoms. The van der Waals surface area contributed by atoms with Crippen molar-refractivity contribution in [2.45, 2.75) is 19.9 Å². The first-order valence-corrected chi connectivity index (χ1v) is 8.87. The van der Waals surface area contributed by atoms with Gasteiger partial charge in [0.1, 0.15) is 11.6 Å². The van der Waals surface area contributed by atoms with E-state index >= 15 is 0 Å². The molecule has 136 valence electrons. The zero-order valence-electron chi connectivity index (χ0n) is 15.3. The predicted octanol–water partition coefficient (Wildman–Crippen LogP) is 3.31. The highest BCUT2D eigenvalue weighted by Gasteiger charge is 2.10. The summed E-state index contributed by atoms with van der Waals surface area (Å²) in [6.45, 7) is 4.21. The second-order valence-corrected chi connectivity index (χ2v) is 6.03. The molecule has 0 amide bonds. The van der Waals surface area contributed by atoms with Gasteiger partial charge in [0.05, 0.1) is 24.7 Å². The van der Waals surface area contributed by atoms with E-state index in [0.717, 1.165) is 41.8 Å². The maximum Gasteiger partial charge on any atom is 0.194 e. The second kappa shape index (κ2) is 8.89. The van der Waals surface area contributed by atoms with Gasteiger partial charge in [0.15, 0.2) is 5.96 Å². The molecule has 2 aromatic heterocycles. The number of guanidine groups is 1. The zero-order valence-corrected chi connectivity index (χ0v) is 15.3. The van der Waals surface area contributed by atoms with Crippen molar-refractivity contribution >= 4 is 5.96 Å². The van der Waals surface area contributed by atoms with Gasteiger partial charge in [0.2, 0.25) is 0 Å². The average molecular weight is 351 g/mol. The summed E-state index contributed by atoms with van der Waals surface area (Å²) in [5, 5.41) is 3.32. The Hall–Kier alpha value is -3.02. The molecule has 0 radical (unpaired) electrons. The molecule has 0 saturated heterocycles. The van der Waals surface area contributed by atoms with Crippen LogP contribution in [0.5, 0.6) is 0 Å². The van der Waals surface area contributed by atoms with Gasteiger partial charge in [-0.15, -0.1) is 0 Å². The van der Waals surface area contributed by atoms with Crippen molar-refractivity contribution in [2.24, 2.45) is 4.99 Å². The molecule has 0 aliphatic rings. The molecular formula is C20H25N5O. The van der Waals surface area contributed by atoms with Gasteiger partial charge in [0, 0.05) is 26.6 Å². The number of rotatable bonds is 7. The van der Waals surface area contributed by atoms with Gasteiger partial charge in [-0.2, -0.15) is 0 Å². The number of nitrogens with zero attached hydrogens (tertiary/aromatic N) is 3. The van der Waals surface area contributed by atoms with E-state index in [-0.39, 0.29) is 0 Å². The minimum Gasteiger partial charge on any atom is -0.469 e. The molecule has 3 rings (SSSR count). The lowest BCUT2D eigenvalue weighted by Gasteiger charge is -2.21. The highest BCUT2D eigenvalue weighted by atomic mass is 16.3. The summed E-state index contributed by atoms with van der Waals surface area (Å²) in [5.41, 5.74) is 2.15. The summed E-state index contributed by atoms with van der Waals surface area (Å²) in [6.07, 6.45) is 4.35. The highest BCUT2D eigenvalue weighted by Crippen LogP contribution is 2.16. The molecule has 2 N–H and O–H groups in total. The number of hydrogen-bond donors (Lipinski definition) is 2. The maximum atomic E-state index is 5.36. The third kappa shape index (κ3) is 4.75. The molecule has 1 aromatic carbocycles. The molecule has 2 heterocycles. The molecule has 0 fully saturated rings. The minimum absolute atomic E-state index is 0.652. The monoisotopic (exact) mass is 351 g/mol. The minimum atomic E-state index is 0.652. The van der Waals surface area contributed by atoms with E-state index in [9.17, 15) is 0 Å². The van der Waals surface area contributed by atoms with E-state index in [1.54, 1.807) is 6.26 Å². The summed E-state index contributed by atoms with van der Waals surface area (Å²) < 4.78 is 5.36. The van der Waals surface area contributed by atoms with Crippen LogP contribution in [0.15, 0.2) is 64.3 Å². The Labute approximate surface area is 154 Å². The van der Waals surface area contributed by atoms with E-state index < -0.39 is 0 Å². The van der Waals surface area contributed by atoms with Crippen molar-refractivity contribution in [1.82, 2.24) is 20.2 Å². The Bertz CT molecular complexity index is 808. The van der Waals surface area contributed by atoms with Crippen LogP contribution >= 0.6 is 0 Å². The van der Waals surface area contributed by atoms with Crippen molar-refractivity contribution in [3.05, 3.63) is 66.5 Å². The lowest BCUT2D eigenvalue weighted by atomic mass is 10.2. The van der Waals surface area contributed by atoms with Crippen molar-refractivity contribution in [3.63, 3.8) is 0 Å². The molecular weight excluding hydrogens is 326 g/mol. The molecule has 0 saturated carbocycles. The number of hydrogen-bond acceptors (Lipinski definition) is 3. The van der Waals surface area contributed by atoms with Crippen LogP contribution in [0.25, 0.3) is 11.3 Å². The molecule has 0 aliphatic heterocycles. The Balaban J connectivity index is 1.62. The number of aromatic nitrogens is 2. The van der Waals surface area contributed by atoms with Crippen LogP contribution in [-0.4, -0.2) is 41.0 Å². The quantitative estimate of drug-likeness (QED) is 0.506. The first-order chi connectivity index (χ1) is 12.8. The fourth-order valence-electron chi connectivity index (χ4n) is 2.70. The van der Waals surface area contributed by atoms with Crippen LogP contribution in [0.1, 0.15) is 18.5 Å². The Morgan fingerprint density at radius 2 is 2.08 bits per heavy atom. The van der Waals surface area contributed by atoms with Gasteiger partial charge in [-0.1, -0.05) is 30.3 Å². The third-order valence-corrected chi connectivity index (χ3v) is 4.00. The second-order valence-electron chi connectivity index (χ2n) is 6.03. The lowest BCUT2D eigenvalue weighted by Crippen LogP contribution is -2.38. The first kappa shape index (κ1) is 17.8. The van der Waals surface area contributed by atoms with E-state index in [1.807, 2.05) is 43.6 Å². The van der Waals surface area contributed by atoms with Crippen LogP contribution in [0, 0.1) is 0 Å². The van der Waals surface area contributed by atoms with Gasteiger partial charge >= 0.3 is 0 Å². The van der Waals surface area contributed by atoms with E-state index in [1.165, 1.54) is 0 Å². The van der Waals surface area contributed by atoms with Crippen molar-refractivity contribution < 1.29 is 4.42 Å². The zero-order chi connectivity index (χ0) is 18.2. The summed E-state index contributed by atoms with van der Waals surface area (Å²) in [7, 11) is 2.01. The predicted molar refractivity (Wildman–Crippen MR) is 104 cm³/mol. The topological polar surface area (TPSA) is 69.5 Å². The van der Waals surface area contributed by atoms with Gasteiger partial charge < -0.3 is 19.6 Å². The van der Waals surface area contributed by atoms with E-state index in [2.05, 4.69) is 44.2 Å². The standard InChI is InChI=1S/C20H25N5O/c1-3-21-20(22-12-11-17-10-7-13-26-17)25(2)15-19-23-14-18(24-19)16-8-5-4-6-9-16/h4-10,13-14H,3,11-12,15H2,1-2H3,(H,21,22)(H,23,24). The molecule has 0 bridgehead atoms. The third-order valence-electron chi connectivity index (χ3n) is 4.00. The number of aliphatic imine (C=N–C) groups is 1. The number of benzene rings is 1. The van der Waals surface area contributed by atoms with Gasteiger partial charge in [-0.25, -0.2) is 4.98 Å². The Kier molecular flexibility index (Phi) is 6.09. The van der Waals surface area contributed by atoms with Crippen LogP contribution < -0.4 is 5.32 Å². The smallest absolute Gasteiger partial charge is 0.194 e. The molecule has 6 nitrogen and oxygen atoms in total. The van der Waals surface area contributed by atoms with Crippen molar-refractivity contribution in [1.29, 1.82) is 0 Å². The number of nitrogens with one attached hydrogen (secondary N) is 2.